The molecule has 2 aromatic carbocycles. The van der Waals surface area contributed by atoms with Crippen LogP contribution in [0, 0.1) is 0 Å². The van der Waals surface area contributed by atoms with Crippen molar-refractivity contribution in [3.8, 4) is 11.5 Å². The number of hydrogen-bond acceptors (Lipinski definition) is 6. The van der Waals surface area contributed by atoms with E-state index in [0.717, 1.165) is 24.9 Å². The summed E-state index contributed by atoms with van der Waals surface area (Å²) in [5.41, 5.74) is 1.52. The Morgan fingerprint density at radius 1 is 1.07 bits per heavy atom. The summed E-state index contributed by atoms with van der Waals surface area (Å²) in [7, 11) is 1.57. The lowest BCUT2D eigenvalue weighted by Gasteiger charge is -2.15. The molecule has 0 amide bonds. The van der Waals surface area contributed by atoms with Crippen LogP contribution in [0.2, 0.25) is 15.1 Å². The van der Waals surface area contributed by atoms with Crippen LogP contribution in [0.5, 0.6) is 11.5 Å². The second-order valence-corrected chi connectivity index (χ2v) is 7.74. The number of rotatable bonds is 10. The molecule has 0 spiro atoms. The van der Waals surface area contributed by atoms with Gasteiger partial charge in [0, 0.05) is 39.8 Å². The van der Waals surface area contributed by atoms with E-state index in [4.69, 9.17) is 44.3 Å². The molecule has 3 rings (SSSR count). The molecular weight excluding hydrogens is 449 g/mol. The first-order valence-electron chi connectivity index (χ1n) is 9.45. The minimum atomic E-state index is 0.189. The summed E-state index contributed by atoms with van der Waals surface area (Å²) in [5, 5.41) is 16.6. The van der Waals surface area contributed by atoms with Crippen LogP contribution in [0.4, 0.5) is 5.95 Å². The number of methoxy groups -OCH3 is 1. The zero-order chi connectivity index (χ0) is 21.5. The summed E-state index contributed by atoms with van der Waals surface area (Å²) in [6, 6.07) is 8.84. The maximum atomic E-state index is 6.48. The number of nitrogens with one attached hydrogen (secondary N) is 1. The molecule has 7 nitrogen and oxygen atoms in total. The fourth-order valence-corrected chi connectivity index (χ4v) is 3.50. The van der Waals surface area contributed by atoms with E-state index < -0.39 is 0 Å². The molecule has 1 heterocycles. The van der Waals surface area contributed by atoms with Gasteiger partial charge < -0.3 is 14.8 Å². The van der Waals surface area contributed by atoms with Crippen molar-refractivity contribution in [1.82, 2.24) is 20.2 Å². The number of nitrogens with zero attached hydrogens (tertiary/aromatic N) is 4. The van der Waals surface area contributed by atoms with Gasteiger partial charge in [-0.3, -0.25) is 0 Å². The molecule has 0 aliphatic heterocycles. The quantitative estimate of drug-likeness (QED) is 0.414. The third-order valence-electron chi connectivity index (χ3n) is 4.46. The fraction of sp³-hybridized carbons (Fsp3) is 0.350. The third kappa shape index (κ3) is 5.47. The Hall–Kier alpha value is -2.22. The highest BCUT2D eigenvalue weighted by Crippen LogP contribution is 2.35. The van der Waals surface area contributed by atoms with E-state index in [1.165, 1.54) is 0 Å². The number of hydrogen-bond donors (Lipinski definition) is 1. The second kappa shape index (κ2) is 10.7. The summed E-state index contributed by atoms with van der Waals surface area (Å²) in [4.78, 5) is 0. The van der Waals surface area contributed by atoms with Crippen molar-refractivity contribution in [3.63, 3.8) is 0 Å². The van der Waals surface area contributed by atoms with E-state index in [0.29, 0.717) is 44.6 Å². The van der Waals surface area contributed by atoms with Crippen LogP contribution >= 0.6 is 34.8 Å². The maximum Gasteiger partial charge on any atom is 0.243 e. The van der Waals surface area contributed by atoms with Crippen LogP contribution in [0.3, 0.4) is 0 Å². The summed E-state index contributed by atoms with van der Waals surface area (Å²) >= 11 is 18.9. The lowest BCUT2D eigenvalue weighted by Crippen LogP contribution is -2.09. The normalized spacial score (nSPS) is 10.8. The van der Waals surface area contributed by atoms with Crippen LogP contribution < -0.4 is 14.8 Å². The van der Waals surface area contributed by atoms with Crippen molar-refractivity contribution >= 4 is 40.8 Å². The van der Waals surface area contributed by atoms with Gasteiger partial charge in [-0.05, 0) is 40.6 Å². The molecule has 0 radical (unpaired) electrons. The summed E-state index contributed by atoms with van der Waals surface area (Å²) in [5.74, 6) is 1.63. The summed E-state index contributed by atoms with van der Waals surface area (Å²) < 4.78 is 13.1. The smallest absolute Gasteiger partial charge is 0.243 e. The van der Waals surface area contributed by atoms with Crippen LogP contribution in [-0.2, 0) is 19.7 Å². The molecule has 0 atom stereocenters. The number of unbranched alkanes of at least 4 members (excludes halogenated alkanes) is 1. The number of aryl methyl sites for hydroxylation is 1. The van der Waals surface area contributed by atoms with Crippen LogP contribution in [0.1, 0.15) is 30.9 Å². The minimum absolute atomic E-state index is 0.189. The van der Waals surface area contributed by atoms with E-state index in [1.54, 1.807) is 36.1 Å². The van der Waals surface area contributed by atoms with Crippen molar-refractivity contribution < 1.29 is 9.47 Å². The largest absolute Gasteiger partial charge is 0.493 e. The molecule has 10 heteroatoms. The zero-order valence-corrected chi connectivity index (χ0v) is 18.9. The fourth-order valence-electron chi connectivity index (χ4n) is 2.77. The molecule has 1 aromatic heterocycles. The highest BCUT2D eigenvalue weighted by Gasteiger charge is 2.14. The van der Waals surface area contributed by atoms with Crippen molar-refractivity contribution in [1.29, 1.82) is 0 Å². The van der Waals surface area contributed by atoms with Crippen LogP contribution in [-0.4, -0.2) is 27.3 Å². The molecule has 3 aromatic rings. The van der Waals surface area contributed by atoms with E-state index in [9.17, 15) is 0 Å². The van der Waals surface area contributed by atoms with Crippen LogP contribution in [0.15, 0.2) is 30.3 Å². The topological polar surface area (TPSA) is 74.1 Å². The van der Waals surface area contributed by atoms with Gasteiger partial charge in [0.25, 0.3) is 0 Å². The molecule has 0 saturated carbocycles. The maximum absolute atomic E-state index is 6.48. The predicted octanol–water partition coefficient (Wildman–Crippen LogP) is 5.63. The average molecular weight is 471 g/mol. The molecule has 0 saturated heterocycles. The molecule has 30 heavy (non-hydrogen) atoms. The first-order chi connectivity index (χ1) is 14.5. The zero-order valence-electron chi connectivity index (χ0n) is 16.7. The van der Waals surface area contributed by atoms with Crippen molar-refractivity contribution in [3.05, 3.63) is 56.5 Å². The predicted molar refractivity (Wildman–Crippen MR) is 119 cm³/mol. The number of halogens is 3. The highest BCUT2D eigenvalue weighted by atomic mass is 35.5. The van der Waals surface area contributed by atoms with Gasteiger partial charge in [-0.25, -0.2) is 4.68 Å². The number of tetrazole rings is 1. The van der Waals surface area contributed by atoms with Gasteiger partial charge >= 0.3 is 0 Å². The molecular formula is C20H22Cl3N5O2. The molecule has 160 valence electrons. The number of benzene rings is 2. The van der Waals surface area contributed by atoms with Gasteiger partial charge in [0.1, 0.15) is 6.61 Å². The lowest BCUT2D eigenvalue weighted by molar-refractivity contribution is 0.284. The average Bonchev–Trinajstić information content (AvgIpc) is 3.18. The van der Waals surface area contributed by atoms with Crippen LogP contribution in [0.25, 0.3) is 0 Å². The minimum Gasteiger partial charge on any atom is -0.493 e. The Balaban J connectivity index is 1.72. The number of ether oxygens (including phenoxy) is 2. The Labute approximate surface area is 190 Å². The van der Waals surface area contributed by atoms with Crippen molar-refractivity contribution in [2.75, 3.05) is 12.4 Å². The Morgan fingerprint density at radius 2 is 1.83 bits per heavy atom. The first-order valence-corrected chi connectivity index (χ1v) is 10.6. The number of aromatic nitrogens is 4. The molecule has 0 fully saturated rings. The Bertz CT molecular complexity index is 976. The summed E-state index contributed by atoms with van der Waals surface area (Å²) in [6.45, 7) is 3.49. The van der Waals surface area contributed by atoms with E-state index in [2.05, 4.69) is 27.8 Å². The van der Waals surface area contributed by atoms with Gasteiger partial charge in [-0.2, -0.15) is 0 Å². The van der Waals surface area contributed by atoms with E-state index in [1.807, 2.05) is 6.07 Å². The third-order valence-corrected chi connectivity index (χ3v) is 5.52. The van der Waals surface area contributed by atoms with E-state index >= 15 is 0 Å². The second-order valence-electron chi connectivity index (χ2n) is 6.52. The van der Waals surface area contributed by atoms with Crippen molar-refractivity contribution in [2.24, 2.45) is 0 Å². The molecule has 0 bridgehead atoms. The van der Waals surface area contributed by atoms with Gasteiger partial charge in [0.2, 0.25) is 5.95 Å². The SMILES string of the molecule is CCCCn1nnnc1NCc1cc(OC)c(OCc2c(Cl)cccc2Cl)cc1Cl. The molecule has 0 aliphatic rings. The van der Waals surface area contributed by atoms with Gasteiger partial charge in [0.15, 0.2) is 11.5 Å². The monoisotopic (exact) mass is 469 g/mol. The van der Waals surface area contributed by atoms with Gasteiger partial charge in [0.05, 0.1) is 7.11 Å². The molecule has 0 unspecified atom stereocenters. The Kier molecular flexibility index (Phi) is 8.01. The standard InChI is InChI=1S/C20H22Cl3N5O2/c1-3-4-8-28-20(25-26-27-28)24-11-13-9-18(29-2)19(10-17(13)23)30-12-14-15(21)6-5-7-16(14)22/h5-7,9-10H,3-4,8,11-12H2,1-2H3,(H,24,25,27). The summed E-state index contributed by atoms with van der Waals surface area (Å²) in [6.07, 6.45) is 2.05. The Morgan fingerprint density at radius 3 is 2.53 bits per heavy atom. The molecule has 0 aliphatic carbocycles. The van der Waals surface area contributed by atoms with E-state index in [-0.39, 0.29) is 6.61 Å². The lowest BCUT2D eigenvalue weighted by atomic mass is 10.2. The molecule has 1 N–H and O–H groups in total. The van der Waals surface area contributed by atoms with Crippen molar-refractivity contribution in [2.45, 2.75) is 39.5 Å². The van der Waals surface area contributed by atoms with Gasteiger partial charge in [-0.1, -0.05) is 59.3 Å². The highest BCUT2D eigenvalue weighted by molar-refractivity contribution is 6.36. The van der Waals surface area contributed by atoms with Gasteiger partial charge in [-0.15, -0.1) is 0 Å². The first kappa shape index (κ1) is 22.5. The number of anilines is 1.